The van der Waals surface area contributed by atoms with Crippen molar-refractivity contribution < 1.29 is 14.0 Å². The van der Waals surface area contributed by atoms with Gasteiger partial charge < -0.3 is 10.2 Å². The third kappa shape index (κ3) is 3.48. The Morgan fingerprint density at radius 3 is 2.79 bits per heavy atom. The number of nitrogens with one attached hydrogen (secondary N) is 1. The molecule has 2 aromatic rings. The fraction of sp³-hybridized carbons (Fsp3) is 0.222. The molecule has 6 heteroatoms. The van der Waals surface area contributed by atoms with Gasteiger partial charge in [-0.2, -0.15) is 0 Å². The number of carbonyl (C=O) groups excluding carboxylic acids is 2. The van der Waals surface area contributed by atoms with Gasteiger partial charge in [0, 0.05) is 28.8 Å². The highest BCUT2D eigenvalue weighted by molar-refractivity contribution is 9.10. The van der Waals surface area contributed by atoms with Gasteiger partial charge in [0.25, 0.3) is 0 Å². The van der Waals surface area contributed by atoms with E-state index in [1.165, 1.54) is 18.2 Å². The molecule has 0 saturated carbocycles. The van der Waals surface area contributed by atoms with Crippen LogP contribution in [0.4, 0.5) is 15.8 Å². The Morgan fingerprint density at radius 2 is 2.08 bits per heavy atom. The van der Waals surface area contributed by atoms with Crippen molar-refractivity contribution in [1.82, 2.24) is 0 Å². The fourth-order valence-corrected chi connectivity index (χ4v) is 3.32. The Morgan fingerprint density at radius 1 is 1.29 bits per heavy atom. The van der Waals surface area contributed by atoms with Gasteiger partial charge in [-0.15, -0.1) is 0 Å². The van der Waals surface area contributed by atoms with Crippen molar-refractivity contribution in [3.63, 3.8) is 0 Å². The molecular weight excluding hydrogens is 375 g/mol. The summed E-state index contributed by atoms with van der Waals surface area (Å²) in [6, 6.07) is 11.4. The molecule has 1 fully saturated rings. The van der Waals surface area contributed by atoms with Gasteiger partial charge in [0.15, 0.2) is 0 Å². The van der Waals surface area contributed by atoms with Gasteiger partial charge in [0.2, 0.25) is 11.8 Å². The minimum absolute atomic E-state index is 0.0835. The van der Waals surface area contributed by atoms with Crippen LogP contribution >= 0.6 is 15.9 Å². The van der Waals surface area contributed by atoms with Gasteiger partial charge in [-0.3, -0.25) is 9.59 Å². The van der Waals surface area contributed by atoms with Crippen molar-refractivity contribution in [2.24, 2.45) is 5.92 Å². The second-order valence-corrected chi connectivity index (χ2v) is 6.75. The molecule has 1 N–H and O–H groups in total. The maximum Gasteiger partial charge on any atom is 0.229 e. The molecule has 1 aliphatic rings. The van der Waals surface area contributed by atoms with Gasteiger partial charge in [-0.1, -0.05) is 22.0 Å². The first-order chi connectivity index (χ1) is 11.4. The van der Waals surface area contributed by atoms with Crippen molar-refractivity contribution in [2.45, 2.75) is 13.3 Å². The van der Waals surface area contributed by atoms with Gasteiger partial charge in [-0.25, -0.2) is 4.39 Å². The molecule has 124 valence electrons. The van der Waals surface area contributed by atoms with E-state index >= 15 is 0 Å². The van der Waals surface area contributed by atoms with E-state index < -0.39 is 11.7 Å². The summed E-state index contributed by atoms with van der Waals surface area (Å²) in [5, 5.41) is 2.68. The summed E-state index contributed by atoms with van der Waals surface area (Å²) in [4.78, 5) is 26.3. The number of hydrogen-bond acceptors (Lipinski definition) is 2. The minimum atomic E-state index is -0.455. The number of halogens is 2. The summed E-state index contributed by atoms with van der Waals surface area (Å²) in [6.45, 7) is 2.25. The molecule has 0 aliphatic carbocycles. The summed E-state index contributed by atoms with van der Waals surface area (Å²) >= 11 is 3.40. The van der Waals surface area contributed by atoms with E-state index in [1.54, 1.807) is 11.0 Å². The van der Waals surface area contributed by atoms with E-state index in [0.717, 1.165) is 15.7 Å². The lowest BCUT2D eigenvalue weighted by Crippen LogP contribution is -2.28. The average molecular weight is 391 g/mol. The van der Waals surface area contributed by atoms with Crippen molar-refractivity contribution in [3.05, 3.63) is 58.3 Å². The van der Waals surface area contributed by atoms with E-state index in [-0.39, 0.29) is 18.2 Å². The molecule has 0 bridgehead atoms. The Labute approximate surface area is 147 Å². The first-order valence-corrected chi connectivity index (χ1v) is 8.36. The van der Waals surface area contributed by atoms with Crippen LogP contribution in [0.15, 0.2) is 46.9 Å². The topological polar surface area (TPSA) is 49.4 Å². The maximum absolute atomic E-state index is 13.2. The Bertz CT molecular complexity index is 809. The number of aryl methyl sites for hydroxylation is 1. The minimum Gasteiger partial charge on any atom is -0.326 e. The molecule has 4 nitrogen and oxygen atoms in total. The van der Waals surface area contributed by atoms with Crippen molar-refractivity contribution in [1.29, 1.82) is 0 Å². The summed E-state index contributed by atoms with van der Waals surface area (Å²) < 4.78 is 14.1. The highest BCUT2D eigenvalue weighted by Crippen LogP contribution is 2.30. The lowest BCUT2D eigenvalue weighted by Gasteiger charge is -2.19. The van der Waals surface area contributed by atoms with E-state index in [4.69, 9.17) is 0 Å². The fourth-order valence-electron chi connectivity index (χ4n) is 2.85. The predicted octanol–water partition coefficient (Wildman–Crippen LogP) is 3.89. The number of benzene rings is 2. The van der Waals surface area contributed by atoms with Crippen LogP contribution in [0, 0.1) is 18.7 Å². The van der Waals surface area contributed by atoms with Gasteiger partial charge >= 0.3 is 0 Å². The third-order valence-electron chi connectivity index (χ3n) is 4.04. The van der Waals surface area contributed by atoms with Crippen LogP contribution in [0.1, 0.15) is 12.0 Å². The molecule has 0 radical (unpaired) electrons. The maximum atomic E-state index is 13.2. The molecule has 2 aromatic carbocycles. The molecule has 24 heavy (non-hydrogen) atoms. The Kier molecular flexibility index (Phi) is 4.66. The molecule has 3 rings (SSSR count). The van der Waals surface area contributed by atoms with E-state index in [2.05, 4.69) is 21.2 Å². The third-order valence-corrected chi connectivity index (χ3v) is 4.53. The SMILES string of the molecule is Cc1cc(Br)ccc1N1CC(C(=O)Nc2cccc(F)c2)CC1=O. The normalized spacial score (nSPS) is 17.2. The quantitative estimate of drug-likeness (QED) is 0.863. The van der Waals surface area contributed by atoms with Crippen molar-refractivity contribution in [3.8, 4) is 0 Å². The average Bonchev–Trinajstić information content (AvgIpc) is 2.89. The van der Waals surface area contributed by atoms with Crippen LogP contribution < -0.4 is 10.2 Å². The standard InChI is InChI=1S/C18H16BrFN2O2/c1-11-7-13(19)5-6-16(11)22-10-12(8-17(22)23)18(24)21-15-4-2-3-14(20)9-15/h2-7,9,12H,8,10H2,1H3,(H,21,24). The van der Waals surface area contributed by atoms with Crippen LogP contribution in [0.3, 0.4) is 0 Å². The van der Waals surface area contributed by atoms with E-state index in [0.29, 0.717) is 12.2 Å². The molecule has 0 spiro atoms. The van der Waals surface area contributed by atoms with Gasteiger partial charge in [0.05, 0.1) is 5.92 Å². The number of amides is 2. The number of anilines is 2. The number of carbonyl (C=O) groups is 2. The van der Waals surface area contributed by atoms with Crippen LogP contribution in [-0.4, -0.2) is 18.4 Å². The first kappa shape index (κ1) is 16.6. The van der Waals surface area contributed by atoms with Gasteiger partial charge in [-0.05, 0) is 48.9 Å². The zero-order chi connectivity index (χ0) is 17.3. The predicted molar refractivity (Wildman–Crippen MR) is 94.4 cm³/mol. The van der Waals surface area contributed by atoms with E-state index in [1.807, 2.05) is 25.1 Å². The second kappa shape index (κ2) is 6.73. The van der Waals surface area contributed by atoms with Gasteiger partial charge in [0.1, 0.15) is 5.82 Å². The monoisotopic (exact) mass is 390 g/mol. The molecule has 2 amide bonds. The Balaban J connectivity index is 1.73. The summed E-state index contributed by atoms with van der Waals surface area (Å²) in [7, 11) is 0. The van der Waals surface area contributed by atoms with E-state index in [9.17, 15) is 14.0 Å². The molecular formula is C18H16BrFN2O2. The zero-order valence-corrected chi connectivity index (χ0v) is 14.6. The number of rotatable bonds is 3. The molecule has 1 atom stereocenters. The van der Waals surface area contributed by atoms with Crippen LogP contribution in [-0.2, 0) is 9.59 Å². The van der Waals surface area contributed by atoms with Crippen molar-refractivity contribution >= 4 is 39.1 Å². The highest BCUT2D eigenvalue weighted by Gasteiger charge is 2.35. The largest absolute Gasteiger partial charge is 0.326 e. The summed E-state index contributed by atoms with van der Waals surface area (Å²) in [6.07, 6.45) is 0.149. The summed E-state index contributed by atoms with van der Waals surface area (Å²) in [5.74, 6) is -1.22. The van der Waals surface area contributed by atoms with Crippen LogP contribution in [0.5, 0.6) is 0 Å². The molecule has 1 heterocycles. The number of nitrogens with zero attached hydrogens (tertiary/aromatic N) is 1. The Hall–Kier alpha value is -2.21. The smallest absolute Gasteiger partial charge is 0.229 e. The van der Waals surface area contributed by atoms with Crippen molar-refractivity contribution in [2.75, 3.05) is 16.8 Å². The lowest BCUT2D eigenvalue weighted by molar-refractivity contribution is -0.122. The summed E-state index contributed by atoms with van der Waals surface area (Å²) in [5.41, 5.74) is 2.17. The molecule has 1 aliphatic heterocycles. The second-order valence-electron chi connectivity index (χ2n) is 5.84. The first-order valence-electron chi connectivity index (χ1n) is 7.57. The zero-order valence-electron chi connectivity index (χ0n) is 13.1. The van der Waals surface area contributed by atoms with Crippen LogP contribution in [0.25, 0.3) is 0 Å². The number of hydrogen-bond donors (Lipinski definition) is 1. The highest BCUT2D eigenvalue weighted by atomic mass is 79.9. The molecule has 1 unspecified atom stereocenters. The van der Waals surface area contributed by atoms with Crippen LogP contribution in [0.2, 0.25) is 0 Å². The lowest BCUT2D eigenvalue weighted by atomic mass is 10.1. The molecule has 0 aromatic heterocycles. The molecule has 1 saturated heterocycles.